The topological polar surface area (TPSA) is 120 Å². The van der Waals surface area contributed by atoms with Gasteiger partial charge in [-0.3, -0.25) is 18.7 Å². The Morgan fingerprint density at radius 3 is 1.40 bits per heavy atom. The zero-order chi connectivity index (χ0) is 41.8. The van der Waals surface area contributed by atoms with Crippen molar-refractivity contribution in [2.75, 3.05) is 0 Å². The Hall–Kier alpha value is -5.97. The molecule has 0 aliphatic heterocycles. The van der Waals surface area contributed by atoms with E-state index in [9.17, 15) is 14.0 Å². The highest BCUT2D eigenvalue weighted by atomic mass is 19.1. The van der Waals surface area contributed by atoms with Gasteiger partial charge >= 0.3 is 0 Å². The van der Waals surface area contributed by atoms with Gasteiger partial charge < -0.3 is 10.6 Å². The minimum absolute atomic E-state index is 0.0955. The van der Waals surface area contributed by atoms with E-state index in [4.69, 9.17) is 0 Å². The van der Waals surface area contributed by atoms with Gasteiger partial charge in [0.2, 0.25) is 0 Å². The molecule has 4 aromatic carbocycles. The minimum atomic E-state index is -0.372. The highest BCUT2D eigenvalue weighted by molar-refractivity contribution is 5.97. The predicted octanol–water partition coefficient (Wildman–Crippen LogP) is 9.93. The Morgan fingerprint density at radius 1 is 0.579 bits per heavy atom. The van der Waals surface area contributed by atoms with E-state index in [0.717, 1.165) is 39.7 Å². The van der Waals surface area contributed by atoms with Crippen LogP contribution >= 0.6 is 0 Å². The molecular formula is C46H55FN8O2. The number of hydrogen-bond donors (Lipinski definition) is 2. The van der Waals surface area contributed by atoms with Crippen LogP contribution in [0.1, 0.15) is 125 Å². The van der Waals surface area contributed by atoms with E-state index in [1.165, 1.54) is 11.6 Å². The lowest BCUT2D eigenvalue weighted by molar-refractivity contribution is 0.0910. The molecule has 0 spiro atoms. The molecule has 6 aromatic rings. The Labute approximate surface area is 336 Å². The highest BCUT2D eigenvalue weighted by Gasteiger charge is 2.21. The first kappa shape index (κ1) is 42.2. The van der Waals surface area contributed by atoms with Crippen molar-refractivity contribution in [1.82, 2.24) is 40.2 Å². The second-order valence-corrected chi connectivity index (χ2v) is 17.2. The molecule has 2 amide bonds. The number of aryl methyl sites for hydroxylation is 2. The third-order valence-corrected chi connectivity index (χ3v) is 8.96. The maximum atomic E-state index is 14.2. The van der Waals surface area contributed by atoms with Crippen LogP contribution in [0.3, 0.4) is 0 Å². The number of carbonyl (C=O) groups excluding carboxylic acids is 2. The lowest BCUT2D eigenvalue weighted by Gasteiger charge is -2.21. The van der Waals surface area contributed by atoms with E-state index >= 15 is 0 Å². The number of nitrogens with one attached hydrogen (secondary N) is 2. The van der Waals surface area contributed by atoms with Gasteiger partial charge in [-0.15, -0.1) is 20.4 Å². The quantitative estimate of drug-likeness (QED) is 0.159. The van der Waals surface area contributed by atoms with E-state index in [1.807, 2.05) is 94.9 Å². The van der Waals surface area contributed by atoms with Gasteiger partial charge in [0, 0.05) is 45.4 Å². The number of amides is 2. The normalized spacial score (nSPS) is 11.7. The van der Waals surface area contributed by atoms with E-state index in [1.54, 1.807) is 31.7 Å². The number of rotatable bonds is 8. The number of hydrogen-bond acceptors (Lipinski definition) is 6. The van der Waals surface area contributed by atoms with Crippen molar-refractivity contribution in [3.8, 4) is 33.6 Å². The van der Waals surface area contributed by atoms with Gasteiger partial charge in [0.15, 0.2) is 0 Å². The summed E-state index contributed by atoms with van der Waals surface area (Å²) in [4.78, 5) is 25.8. The van der Waals surface area contributed by atoms with Crippen LogP contribution in [0, 0.1) is 19.7 Å². The molecule has 10 nitrogen and oxygen atoms in total. The molecule has 0 atom stereocenters. The van der Waals surface area contributed by atoms with Crippen molar-refractivity contribution in [2.45, 2.75) is 106 Å². The molecule has 57 heavy (non-hydrogen) atoms. The molecule has 0 aliphatic rings. The van der Waals surface area contributed by atoms with Crippen molar-refractivity contribution in [2.24, 2.45) is 0 Å². The lowest BCUT2D eigenvalue weighted by atomic mass is 9.99. The fraction of sp³-hybridized carbons (Fsp3) is 0.348. The first-order valence-electron chi connectivity index (χ1n) is 19.3. The summed E-state index contributed by atoms with van der Waals surface area (Å²) in [5.74, 6) is 1.47. The van der Waals surface area contributed by atoms with Crippen molar-refractivity contribution in [3.05, 3.63) is 131 Å². The number of benzene rings is 4. The van der Waals surface area contributed by atoms with Crippen LogP contribution in [0.25, 0.3) is 33.6 Å². The van der Waals surface area contributed by atoms with Gasteiger partial charge in [-0.05, 0) is 126 Å². The van der Waals surface area contributed by atoms with Gasteiger partial charge in [0.25, 0.3) is 11.8 Å². The third kappa shape index (κ3) is 10.9. The van der Waals surface area contributed by atoms with Crippen LogP contribution in [0.4, 0.5) is 4.39 Å². The van der Waals surface area contributed by atoms with E-state index in [2.05, 4.69) is 82.1 Å². The zero-order valence-corrected chi connectivity index (χ0v) is 35.2. The van der Waals surface area contributed by atoms with Gasteiger partial charge in [0.05, 0.1) is 0 Å². The molecule has 0 saturated carbocycles. The number of aromatic nitrogens is 6. The summed E-state index contributed by atoms with van der Waals surface area (Å²) in [6.45, 7) is 23.8. The molecule has 11 heteroatoms. The van der Waals surface area contributed by atoms with Gasteiger partial charge in [0.1, 0.15) is 30.1 Å². The van der Waals surface area contributed by atoms with Crippen molar-refractivity contribution in [3.63, 3.8) is 0 Å². The molecule has 0 fully saturated rings. The fourth-order valence-electron chi connectivity index (χ4n) is 6.11. The molecule has 0 bridgehead atoms. The molecule has 0 unspecified atom stereocenters. The van der Waals surface area contributed by atoms with Crippen LogP contribution in [0.5, 0.6) is 0 Å². The number of halogens is 1. The first-order valence-corrected chi connectivity index (χ1v) is 19.3. The highest BCUT2D eigenvalue weighted by Crippen LogP contribution is 2.29. The van der Waals surface area contributed by atoms with Crippen LogP contribution in [-0.2, 0) is 0 Å². The monoisotopic (exact) mass is 770 g/mol. The SMILES string of the molecule is Cc1ccc(-c2cc(C(=O)NC(C)(C)C)cc(-n3cnnc3C(C)C)c2)cc1.Cc1ccc(-c2cc(C(=O)NC(C)(C)C)cc(-n3cnnc3C(C)C)c2)cc1F. The fourth-order valence-corrected chi connectivity index (χ4v) is 6.11. The lowest BCUT2D eigenvalue weighted by Crippen LogP contribution is -2.40. The van der Waals surface area contributed by atoms with E-state index < -0.39 is 0 Å². The summed E-state index contributed by atoms with van der Waals surface area (Å²) in [6.07, 6.45) is 3.34. The second kappa shape index (κ2) is 17.0. The minimum Gasteiger partial charge on any atom is -0.347 e. The van der Waals surface area contributed by atoms with Gasteiger partial charge in [-0.25, -0.2) is 4.39 Å². The predicted molar refractivity (Wildman–Crippen MR) is 226 cm³/mol. The second-order valence-electron chi connectivity index (χ2n) is 17.2. The Bertz CT molecular complexity index is 2360. The Kier molecular flexibility index (Phi) is 12.6. The van der Waals surface area contributed by atoms with Gasteiger partial charge in [-0.1, -0.05) is 69.7 Å². The summed E-state index contributed by atoms with van der Waals surface area (Å²) in [6, 6.07) is 24.8. The average molecular weight is 771 g/mol. The maximum absolute atomic E-state index is 14.2. The average Bonchev–Trinajstić information content (AvgIpc) is 3.83. The number of carbonyl (C=O) groups is 2. The van der Waals surface area contributed by atoms with Crippen molar-refractivity contribution >= 4 is 11.8 Å². The molecule has 2 aromatic heterocycles. The molecule has 0 aliphatic carbocycles. The van der Waals surface area contributed by atoms with Crippen LogP contribution in [0.15, 0.2) is 91.5 Å². The van der Waals surface area contributed by atoms with Crippen molar-refractivity contribution < 1.29 is 14.0 Å². The van der Waals surface area contributed by atoms with Crippen LogP contribution < -0.4 is 10.6 Å². The Balaban J connectivity index is 0.000000218. The summed E-state index contributed by atoms with van der Waals surface area (Å²) in [5, 5.41) is 22.6. The third-order valence-electron chi connectivity index (χ3n) is 8.96. The molecular weight excluding hydrogens is 716 g/mol. The maximum Gasteiger partial charge on any atom is 0.251 e. The number of nitrogens with zero attached hydrogens (tertiary/aromatic N) is 6. The van der Waals surface area contributed by atoms with Crippen molar-refractivity contribution in [1.29, 1.82) is 0 Å². The molecule has 0 saturated heterocycles. The smallest absolute Gasteiger partial charge is 0.251 e. The van der Waals surface area contributed by atoms with E-state index in [-0.39, 0.29) is 40.5 Å². The summed E-state index contributed by atoms with van der Waals surface area (Å²) in [5.41, 5.74) is 7.37. The van der Waals surface area contributed by atoms with Crippen LogP contribution in [-0.4, -0.2) is 52.4 Å². The Morgan fingerprint density at radius 2 is 1.00 bits per heavy atom. The van der Waals surface area contributed by atoms with Crippen LogP contribution in [0.2, 0.25) is 0 Å². The summed E-state index contributed by atoms with van der Waals surface area (Å²) in [7, 11) is 0. The first-order chi connectivity index (χ1) is 26.7. The molecule has 2 N–H and O–H groups in total. The summed E-state index contributed by atoms with van der Waals surface area (Å²) >= 11 is 0. The standard InChI is InChI=1S/C23H27FN4O.C23H28N4O/c1-14(2)21-27-25-13-28(21)19-10-17(16-8-7-15(3)20(24)12-16)9-18(11-19)22(29)26-23(4,5)6;1-15(2)21-26-24-14-27(21)20-12-18(17-9-7-16(3)8-10-17)11-19(13-20)22(28)25-23(4,5)6/h7-14H,1-6H3,(H,26,29);7-15H,1-6H3,(H,25,28). The molecule has 6 rings (SSSR count). The molecule has 298 valence electrons. The van der Waals surface area contributed by atoms with Gasteiger partial charge in [-0.2, -0.15) is 0 Å². The summed E-state index contributed by atoms with van der Waals surface area (Å²) < 4.78 is 18.0. The zero-order valence-electron chi connectivity index (χ0n) is 35.2. The largest absolute Gasteiger partial charge is 0.347 e. The molecule has 2 heterocycles. The van der Waals surface area contributed by atoms with E-state index in [0.29, 0.717) is 22.3 Å². The molecule has 0 radical (unpaired) electrons.